The standard InChI is InChI=1S/C12H9ClF3N3/c13-10-6-18-8(4-17)3-9(10)7-1-2-11(19-5-7)12(14,15)16/h1-3,5-6H,4,17H2. The number of hydrogen-bond donors (Lipinski definition) is 1. The molecule has 3 nitrogen and oxygen atoms in total. The van der Waals surface area contributed by atoms with Crippen molar-refractivity contribution in [3.8, 4) is 11.1 Å². The molecule has 2 rings (SSSR count). The first-order chi connectivity index (χ1) is 8.91. The number of nitrogens with zero attached hydrogens (tertiary/aromatic N) is 2. The third kappa shape index (κ3) is 3.02. The van der Waals surface area contributed by atoms with Crippen LogP contribution in [0.1, 0.15) is 11.4 Å². The second-order valence-corrected chi connectivity index (χ2v) is 4.20. The summed E-state index contributed by atoms with van der Waals surface area (Å²) >= 11 is 5.96. The molecule has 2 aromatic rings. The summed E-state index contributed by atoms with van der Waals surface area (Å²) in [7, 11) is 0. The van der Waals surface area contributed by atoms with Crippen LogP contribution in [0.3, 0.4) is 0 Å². The lowest BCUT2D eigenvalue weighted by Gasteiger charge is -2.08. The zero-order valence-corrected chi connectivity index (χ0v) is 10.3. The smallest absolute Gasteiger partial charge is 0.325 e. The molecule has 7 heteroatoms. The summed E-state index contributed by atoms with van der Waals surface area (Å²) in [5, 5.41) is 0.332. The minimum atomic E-state index is -4.46. The fourth-order valence-electron chi connectivity index (χ4n) is 1.54. The van der Waals surface area contributed by atoms with Gasteiger partial charge in [-0.15, -0.1) is 0 Å². The number of alkyl halides is 3. The Morgan fingerprint density at radius 1 is 1.16 bits per heavy atom. The molecule has 2 heterocycles. The highest BCUT2D eigenvalue weighted by atomic mass is 35.5. The SMILES string of the molecule is NCc1cc(-c2ccc(C(F)(F)F)nc2)c(Cl)cn1. The molecule has 0 unspecified atom stereocenters. The number of aromatic nitrogens is 2. The summed E-state index contributed by atoms with van der Waals surface area (Å²) in [5.41, 5.74) is 6.15. The number of pyridine rings is 2. The maximum atomic E-state index is 12.4. The zero-order chi connectivity index (χ0) is 14.0. The molecule has 0 spiro atoms. The topological polar surface area (TPSA) is 51.8 Å². The van der Waals surface area contributed by atoms with Crippen molar-refractivity contribution in [2.24, 2.45) is 5.73 Å². The minimum Gasteiger partial charge on any atom is -0.325 e. The average Bonchev–Trinajstić information content (AvgIpc) is 2.38. The van der Waals surface area contributed by atoms with E-state index in [9.17, 15) is 13.2 Å². The molecule has 0 aliphatic carbocycles. The van der Waals surface area contributed by atoms with Crippen molar-refractivity contribution in [2.75, 3.05) is 0 Å². The summed E-state index contributed by atoms with van der Waals surface area (Å²) in [5.74, 6) is 0. The monoisotopic (exact) mass is 287 g/mol. The van der Waals surface area contributed by atoms with E-state index in [1.807, 2.05) is 0 Å². The van der Waals surface area contributed by atoms with E-state index in [4.69, 9.17) is 17.3 Å². The molecule has 0 aromatic carbocycles. The van der Waals surface area contributed by atoms with Crippen molar-refractivity contribution < 1.29 is 13.2 Å². The van der Waals surface area contributed by atoms with Gasteiger partial charge in [-0.2, -0.15) is 13.2 Å². The largest absolute Gasteiger partial charge is 0.433 e. The Hall–Kier alpha value is -1.66. The number of hydrogen-bond acceptors (Lipinski definition) is 3. The van der Waals surface area contributed by atoms with Gasteiger partial charge in [0, 0.05) is 30.1 Å². The fourth-order valence-corrected chi connectivity index (χ4v) is 1.75. The van der Waals surface area contributed by atoms with E-state index < -0.39 is 11.9 Å². The molecular formula is C12H9ClF3N3. The molecule has 0 amide bonds. The first-order valence-electron chi connectivity index (χ1n) is 5.30. The van der Waals surface area contributed by atoms with Gasteiger partial charge >= 0.3 is 6.18 Å². The van der Waals surface area contributed by atoms with Gasteiger partial charge in [-0.3, -0.25) is 9.97 Å². The van der Waals surface area contributed by atoms with Crippen molar-refractivity contribution in [2.45, 2.75) is 12.7 Å². The van der Waals surface area contributed by atoms with Crippen LogP contribution in [0.25, 0.3) is 11.1 Å². The Morgan fingerprint density at radius 3 is 2.42 bits per heavy atom. The second kappa shape index (κ2) is 5.14. The summed E-state index contributed by atoms with van der Waals surface area (Å²) in [6.45, 7) is 0.220. The molecule has 2 N–H and O–H groups in total. The lowest BCUT2D eigenvalue weighted by atomic mass is 10.1. The normalized spacial score (nSPS) is 11.6. The lowest BCUT2D eigenvalue weighted by Crippen LogP contribution is -2.07. The Balaban J connectivity index is 2.42. The molecule has 0 radical (unpaired) electrons. The molecule has 0 saturated carbocycles. The molecule has 100 valence electrons. The van der Waals surface area contributed by atoms with Gasteiger partial charge in [-0.1, -0.05) is 17.7 Å². The van der Waals surface area contributed by atoms with Crippen molar-refractivity contribution in [1.82, 2.24) is 9.97 Å². The third-order valence-corrected chi connectivity index (χ3v) is 2.79. The summed E-state index contributed by atoms with van der Waals surface area (Å²) in [4.78, 5) is 7.37. The van der Waals surface area contributed by atoms with E-state index in [-0.39, 0.29) is 6.54 Å². The van der Waals surface area contributed by atoms with Crippen LogP contribution < -0.4 is 5.73 Å². The first-order valence-corrected chi connectivity index (χ1v) is 5.67. The van der Waals surface area contributed by atoms with Crippen LogP contribution in [0, 0.1) is 0 Å². The predicted octanol–water partition coefficient (Wildman–Crippen LogP) is 3.27. The molecule has 19 heavy (non-hydrogen) atoms. The lowest BCUT2D eigenvalue weighted by molar-refractivity contribution is -0.141. The summed E-state index contributed by atoms with van der Waals surface area (Å²) in [6, 6.07) is 3.86. The van der Waals surface area contributed by atoms with Crippen LogP contribution in [0.15, 0.2) is 30.6 Å². The highest BCUT2D eigenvalue weighted by Gasteiger charge is 2.32. The van der Waals surface area contributed by atoms with Gasteiger partial charge in [0.05, 0.1) is 10.7 Å². The van der Waals surface area contributed by atoms with Crippen LogP contribution >= 0.6 is 11.6 Å². The van der Waals surface area contributed by atoms with Crippen molar-refractivity contribution >= 4 is 11.6 Å². The van der Waals surface area contributed by atoms with Crippen molar-refractivity contribution in [1.29, 1.82) is 0 Å². The van der Waals surface area contributed by atoms with Crippen LogP contribution in [-0.2, 0) is 12.7 Å². The second-order valence-electron chi connectivity index (χ2n) is 3.79. The zero-order valence-electron chi connectivity index (χ0n) is 9.58. The van der Waals surface area contributed by atoms with Gasteiger partial charge in [-0.25, -0.2) is 0 Å². The Kier molecular flexibility index (Phi) is 3.73. The molecule has 0 atom stereocenters. The number of nitrogens with two attached hydrogens (primary N) is 1. The van der Waals surface area contributed by atoms with Gasteiger partial charge in [0.25, 0.3) is 0 Å². The van der Waals surface area contributed by atoms with Crippen molar-refractivity contribution in [3.63, 3.8) is 0 Å². The Morgan fingerprint density at radius 2 is 1.89 bits per heavy atom. The van der Waals surface area contributed by atoms with E-state index in [2.05, 4.69) is 9.97 Å². The molecule has 0 saturated heterocycles. The maximum absolute atomic E-state index is 12.4. The average molecular weight is 288 g/mol. The van der Waals surface area contributed by atoms with Gasteiger partial charge in [0.1, 0.15) is 5.69 Å². The molecule has 0 aliphatic heterocycles. The van der Waals surface area contributed by atoms with E-state index in [1.54, 1.807) is 6.07 Å². The minimum absolute atomic E-state index is 0.220. The molecular weight excluding hydrogens is 279 g/mol. The van der Waals surface area contributed by atoms with E-state index in [1.165, 1.54) is 12.3 Å². The van der Waals surface area contributed by atoms with Gasteiger partial charge in [0.15, 0.2) is 0 Å². The van der Waals surface area contributed by atoms with E-state index >= 15 is 0 Å². The number of halogens is 4. The Bertz CT molecular complexity index is 582. The predicted molar refractivity (Wildman–Crippen MR) is 65.4 cm³/mol. The highest BCUT2D eigenvalue weighted by molar-refractivity contribution is 6.33. The number of rotatable bonds is 2. The Labute approximate surface area is 112 Å². The highest BCUT2D eigenvalue weighted by Crippen LogP contribution is 2.31. The summed E-state index contributed by atoms with van der Waals surface area (Å²) < 4.78 is 37.2. The van der Waals surface area contributed by atoms with Gasteiger partial charge < -0.3 is 5.73 Å². The maximum Gasteiger partial charge on any atom is 0.433 e. The van der Waals surface area contributed by atoms with Crippen LogP contribution in [-0.4, -0.2) is 9.97 Å². The van der Waals surface area contributed by atoms with Crippen LogP contribution in [0.5, 0.6) is 0 Å². The summed E-state index contributed by atoms with van der Waals surface area (Å²) in [6.07, 6.45) is -1.91. The van der Waals surface area contributed by atoms with Crippen molar-refractivity contribution in [3.05, 3.63) is 47.0 Å². The molecule has 2 aromatic heterocycles. The third-order valence-electron chi connectivity index (χ3n) is 2.49. The fraction of sp³-hybridized carbons (Fsp3) is 0.167. The van der Waals surface area contributed by atoms with Gasteiger partial charge in [-0.05, 0) is 12.1 Å². The van der Waals surface area contributed by atoms with E-state index in [0.29, 0.717) is 21.8 Å². The van der Waals surface area contributed by atoms with Gasteiger partial charge in [0.2, 0.25) is 0 Å². The van der Waals surface area contributed by atoms with Crippen LogP contribution in [0.2, 0.25) is 5.02 Å². The quantitative estimate of drug-likeness (QED) is 0.922. The molecule has 0 aliphatic rings. The van der Waals surface area contributed by atoms with E-state index in [0.717, 1.165) is 12.3 Å². The molecule has 0 fully saturated rings. The molecule has 0 bridgehead atoms. The first kappa shape index (κ1) is 13.8. The van der Waals surface area contributed by atoms with Crippen LogP contribution in [0.4, 0.5) is 13.2 Å².